The fourth-order valence-electron chi connectivity index (χ4n) is 2.81. The van der Waals surface area contributed by atoms with Gasteiger partial charge in [-0.25, -0.2) is 4.98 Å². The van der Waals surface area contributed by atoms with E-state index in [1.807, 2.05) is 36.1 Å². The first-order valence-electron chi connectivity index (χ1n) is 8.66. The van der Waals surface area contributed by atoms with Crippen LogP contribution in [0.25, 0.3) is 17.1 Å². The summed E-state index contributed by atoms with van der Waals surface area (Å²) in [5.74, 6) is 2.53. The second kappa shape index (κ2) is 7.36. The predicted octanol–water partition coefficient (Wildman–Crippen LogP) is 3.97. The lowest BCUT2D eigenvalue weighted by Gasteiger charge is -2.12. The second-order valence-corrected chi connectivity index (χ2v) is 7.33. The standard InChI is InChI=1S/C20H20N6S/c1-14-4-5-17(12-15(14)2)26-19(16-6-8-21-9-7-16)23-24-20(26)27-13-18-22-10-11-25(18)3/h4-12H,13H2,1-3H3. The van der Waals surface area contributed by atoms with E-state index in [0.717, 1.165) is 33.8 Å². The van der Waals surface area contributed by atoms with Gasteiger partial charge in [-0.2, -0.15) is 0 Å². The maximum atomic E-state index is 4.47. The number of thioether (sulfide) groups is 1. The first kappa shape index (κ1) is 17.5. The number of nitrogens with zero attached hydrogens (tertiary/aromatic N) is 6. The van der Waals surface area contributed by atoms with Gasteiger partial charge in [-0.15, -0.1) is 10.2 Å². The lowest BCUT2D eigenvalue weighted by molar-refractivity contribution is 0.841. The normalized spacial score (nSPS) is 11.1. The third kappa shape index (κ3) is 3.50. The molecule has 0 fully saturated rings. The molecule has 3 aromatic heterocycles. The van der Waals surface area contributed by atoms with Crippen LogP contribution in [0.3, 0.4) is 0 Å². The number of hydrogen-bond acceptors (Lipinski definition) is 5. The molecular formula is C20H20N6S. The molecule has 0 saturated carbocycles. The van der Waals surface area contributed by atoms with Crippen molar-refractivity contribution in [3.8, 4) is 17.1 Å². The van der Waals surface area contributed by atoms with Crippen molar-refractivity contribution in [2.24, 2.45) is 7.05 Å². The molecule has 3 heterocycles. The number of imidazole rings is 1. The number of pyridine rings is 1. The van der Waals surface area contributed by atoms with Crippen molar-refractivity contribution in [1.29, 1.82) is 0 Å². The van der Waals surface area contributed by atoms with Crippen molar-refractivity contribution in [2.75, 3.05) is 0 Å². The van der Waals surface area contributed by atoms with Gasteiger partial charge in [-0.3, -0.25) is 9.55 Å². The zero-order chi connectivity index (χ0) is 18.8. The van der Waals surface area contributed by atoms with Gasteiger partial charge in [-0.05, 0) is 49.2 Å². The Labute approximate surface area is 162 Å². The molecule has 27 heavy (non-hydrogen) atoms. The van der Waals surface area contributed by atoms with Crippen LogP contribution in [0.1, 0.15) is 17.0 Å². The van der Waals surface area contributed by atoms with Crippen molar-refractivity contribution in [3.63, 3.8) is 0 Å². The van der Waals surface area contributed by atoms with Gasteiger partial charge in [0, 0.05) is 37.4 Å². The van der Waals surface area contributed by atoms with E-state index < -0.39 is 0 Å². The minimum atomic E-state index is 0.725. The average molecular weight is 376 g/mol. The van der Waals surface area contributed by atoms with Crippen LogP contribution in [0.15, 0.2) is 60.3 Å². The zero-order valence-electron chi connectivity index (χ0n) is 15.5. The Morgan fingerprint density at radius 2 is 1.78 bits per heavy atom. The highest BCUT2D eigenvalue weighted by atomic mass is 32.2. The number of aryl methyl sites for hydroxylation is 3. The number of aromatic nitrogens is 6. The highest BCUT2D eigenvalue weighted by Gasteiger charge is 2.17. The van der Waals surface area contributed by atoms with E-state index in [9.17, 15) is 0 Å². The van der Waals surface area contributed by atoms with Crippen LogP contribution in [0.5, 0.6) is 0 Å². The van der Waals surface area contributed by atoms with Crippen LogP contribution < -0.4 is 0 Å². The highest BCUT2D eigenvalue weighted by molar-refractivity contribution is 7.98. The first-order chi connectivity index (χ1) is 13.1. The third-order valence-corrected chi connectivity index (χ3v) is 5.50. The van der Waals surface area contributed by atoms with E-state index in [-0.39, 0.29) is 0 Å². The Balaban J connectivity index is 1.78. The molecule has 0 spiro atoms. The zero-order valence-corrected chi connectivity index (χ0v) is 16.3. The Morgan fingerprint density at radius 3 is 2.48 bits per heavy atom. The summed E-state index contributed by atoms with van der Waals surface area (Å²) in [5, 5.41) is 9.78. The molecule has 0 amide bonds. The molecule has 0 aliphatic carbocycles. The molecule has 0 unspecified atom stereocenters. The summed E-state index contributed by atoms with van der Waals surface area (Å²) in [5.41, 5.74) is 4.54. The van der Waals surface area contributed by atoms with E-state index in [2.05, 4.69) is 56.8 Å². The molecule has 0 radical (unpaired) electrons. The molecular weight excluding hydrogens is 356 g/mol. The van der Waals surface area contributed by atoms with Crippen molar-refractivity contribution >= 4 is 11.8 Å². The van der Waals surface area contributed by atoms with Crippen molar-refractivity contribution in [3.05, 3.63) is 72.1 Å². The van der Waals surface area contributed by atoms with Crippen LogP contribution in [-0.2, 0) is 12.8 Å². The van der Waals surface area contributed by atoms with E-state index in [0.29, 0.717) is 0 Å². The minimum Gasteiger partial charge on any atom is -0.337 e. The number of hydrogen-bond donors (Lipinski definition) is 0. The summed E-state index contributed by atoms with van der Waals surface area (Å²) in [6.07, 6.45) is 7.31. The van der Waals surface area contributed by atoms with Crippen LogP contribution in [0, 0.1) is 13.8 Å². The molecule has 0 aliphatic heterocycles. The van der Waals surface area contributed by atoms with E-state index in [1.165, 1.54) is 11.1 Å². The molecule has 0 N–H and O–H groups in total. The van der Waals surface area contributed by atoms with E-state index in [1.54, 1.807) is 24.2 Å². The Bertz CT molecular complexity index is 1070. The predicted molar refractivity (Wildman–Crippen MR) is 107 cm³/mol. The van der Waals surface area contributed by atoms with Crippen LogP contribution in [0.4, 0.5) is 0 Å². The summed E-state index contributed by atoms with van der Waals surface area (Å²) in [6, 6.07) is 10.3. The number of benzene rings is 1. The van der Waals surface area contributed by atoms with Gasteiger partial charge in [0.1, 0.15) is 5.82 Å². The van der Waals surface area contributed by atoms with Gasteiger partial charge in [0.15, 0.2) is 11.0 Å². The molecule has 0 atom stereocenters. The van der Waals surface area contributed by atoms with E-state index >= 15 is 0 Å². The van der Waals surface area contributed by atoms with Crippen LogP contribution in [0.2, 0.25) is 0 Å². The second-order valence-electron chi connectivity index (χ2n) is 6.39. The lowest BCUT2D eigenvalue weighted by Crippen LogP contribution is -2.02. The van der Waals surface area contributed by atoms with Gasteiger partial charge < -0.3 is 4.57 Å². The maximum absolute atomic E-state index is 4.47. The smallest absolute Gasteiger partial charge is 0.196 e. The highest BCUT2D eigenvalue weighted by Crippen LogP contribution is 2.30. The molecule has 7 heteroatoms. The topological polar surface area (TPSA) is 61.4 Å². The molecule has 136 valence electrons. The fourth-order valence-corrected chi connectivity index (χ4v) is 3.77. The molecule has 0 aliphatic rings. The van der Waals surface area contributed by atoms with Crippen molar-refractivity contribution in [1.82, 2.24) is 29.3 Å². The van der Waals surface area contributed by atoms with Crippen LogP contribution >= 0.6 is 11.8 Å². The summed E-state index contributed by atoms with van der Waals surface area (Å²) in [7, 11) is 2.00. The fraction of sp³-hybridized carbons (Fsp3) is 0.200. The quantitative estimate of drug-likeness (QED) is 0.493. The minimum absolute atomic E-state index is 0.725. The Hall–Kier alpha value is -2.93. The lowest BCUT2D eigenvalue weighted by atomic mass is 10.1. The van der Waals surface area contributed by atoms with Gasteiger partial charge >= 0.3 is 0 Å². The van der Waals surface area contributed by atoms with Gasteiger partial charge in [0.2, 0.25) is 0 Å². The Morgan fingerprint density at radius 1 is 0.963 bits per heavy atom. The first-order valence-corrected chi connectivity index (χ1v) is 9.64. The molecule has 0 bridgehead atoms. The van der Waals surface area contributed by atoms with Crippen molar-refractivity contribution < 1.29 is 0 Å². The SMILES string of the molecule is Cc1ccc(-n2c(SCc3nccn3C)nnc2-c2ccncc2)cc1C. The van der Waals surface area contributed by atoms with Gasteiger partial charge in [-0.1, -0.05) is 17.8 Å². The van der Waals surface area contributed by atoms with Crippen molar-refractivity contribution in [2.45, 2.75) is 24.8 Å². The summed E-state index contributed by atoms with van der Waals surface area (Å²) in [4.78, 5) is 8.51. The third-order valence-electron chi connectivity index (χ3n) is 4.57. The van der Waals surface area contributed by atoms with E-state index in [4.69, 9.17) is 0 Å². The average Bonchev–Trinajstić information content (AvgIpc) is 3.29. The summed E-state index contributed by atoms with van der Waals surface area (Å²) >= 11 is 1.63. The molecule has 1 aromatic carbocycles. The molecule has 4 aromatic rings. The van der Waals surface area contributed by atoms with Gasteiger partial charge in [0.25, 0.3) is 0 Å². The maximum Gasteiger partial charge on any atom is 0.196 e. The molecule has 4 rings (SSSR count). The monoisotopic (exact) mass is 376 g/mol. The molecule has 6 nitrogen and oxygen atoms in total. The molecule has 0 saturated heterocycles. The summed E-state index contributed by atoms with van der Waals surface area (Å²) < 4.78 is 4.13. The Kier molecular flexibility index (Phi) is 4.77. The van der Waals surface area contributed by atoms with Crippen LogP contribution in [-0.4, -0.2) is 29.3 Å². The number of rotatable bonds is 5. The van der Waals surface area contributed by atoms with Gasteiger partial charge in [0.05, 0.1) is 11.4 Å². The largest absolute Gasteiger partial charge is 0.337 e. The summed E-state index contributed by atoms with van der Waals surface area (Å²) in [6.45, 7) is 4.24.